The van der Waals surface area contributed by atoms with Gasteiger partial charge in [-0.05, 0) is 25.0 Å². The Hall–Kier alpha value is -2.37. The van der Waals surface area contributed by atoms with E-state index in [0.717, 1.165) is 24.2 Å². The molecule has 0 aliphatic heterocycles. The first kappa shape index (κ1) is 16.0. The maximum Gasteiger partial charge on any atom is 0.194 e. The van der Waals surface area contributed by atoms with Gasteiger partial charge in [-0.1, -0.05) is 24.3 Å². The molecule has 0 amide bonds. The van der Waals surface area contributed by atoms with Gasteiger partial charge < -0.3 is 14.8 Å². The van der Waals surface area contributed by atoms with Gasteiger partial charge in [0.15, 0.2) is 11.8 Å². The van der Waals surface area contributed by atoms with E-state index in [4.69, 9.17) is 0 Å². The molecule has 0 saturated heterocycles. The molecule has 1 heterocycles. The lowest BCUT2D eigenvalue weighted by atomic mass is 10.1. The monoisotopic (exact) mass is 300 g/mol. The Morgan fingerprint density at radius 1 is 1.27 bits per heavy atom. The van der Waals surface area contributed by atoms with Crippen LogP contribution in [0.25, 0.3) is 0 Å². The third kappa shape index (κ3) is 3.63. The molecular formula is C16H24N6. The molecule has 2 aromatic rings. The van der Waals surface area contributed by atoms with Crippen molar-refractivity contribution < 1.29 is 0 Å². The van der Waals surface area contributed by atoms with Gasteiger partial charge in [-0.2, -0.15) is 0 Å². The van der Waals surface area contributed by atoms with Gasteiger partial charge in [0.05, 0.1) is 6.54 Å². The Bertz CT molecular complexity index is 658. The number of nitrogens with one attached hydrogen (secondary N) is 1. The summed E-state index contributed by atoms with van der Waals surface area (Å²) in [6.07, 6.45) is 0. The van der Waals surface area contributed by atoms with Crippen molar-refractivity contribution in [2.45, 2.75) is 26.9 Å². The van der Waals surface area contributed by atoms with Crippen LogP contribution in [0, 0.1) is 13.8 Å². The number of guanidine groups is 1. The summed E-state index contributed by atoms with van der Waals surface area (Å²) in [5.74, 6) is 2.63. The number of hydrogen-bond donors (Lipinski definition) is 1. The second-order valence-electron chi connectivity index (χ2n) is 5.41. The fourth-order valence-corrected chi connectivity index (χ4v) is 2.27. The molecule has 0 aliphatic carbocycles. The van der Waals surface area contributed by atoms with Gasteiger partial charge in [-0.25, -0.2) is 0 Å². The van der Waals surface area contributed by atoms with Gasteiger partial charge in [0.1, 0.15) is 5.82 Å². The molecule has 2 rings (SSSR count). The molecule has 1 aromatic heterocycles. The average molecular weight is 300 g/mol. The molecule has 118 valence electrons. The maximum atomic E-state index is 4.34. The van der Waals surface area contributed by atoms with Gasteiger partial charge in [0.25, 0.3) is 0 Å². The number of aromatic nitrogens is 3. The number of aliphatic imine (C=N–C) groups is 1. The number of hydrogen-bond acceptors (Lipinski definition) is 3. The van der Waals surface area contributed by atoms with E-state index < -0.39 is 0 Å². The van der Waals surface area contributed by atoms with Gasteiger partial charge in [0.2, 0.25) is 0 Å². The van der Waals surface area contributed by atoms with Crippen molar-refractivity contribution in [1.29, 1.82) is 0 Å². The molecule has 0 spiro atoms. The largest absolute Gasteiger partial charge is 0.349 e. The highest BCUT2D eigenvalue weighted by Crippen LogP contribution is 2.09. The van der Waals surface area contributed by atoms with Gasteiger partial charge in [0, 0.05) is 27.7 Å². The van der Waals surface area contributed by atoms with E-state index in [2.05, 4.69) is 56.6 Å². The number of aryl methyl sites for hydroxylation is 2. The first-order valence-electron chi connectivity index (χ1n) is 7.34. The van der Waals surface area contributed by atoms with Crippen LogP contribution in [0.1, 0.15) is 22.8 Å². The molecule has 22 heavy (non-hydrogen) atoms. The fraction of sp³-hybridized carbons (Fsp3) is 0.438. The van der Waals surface area contributed by atoms with E-state index in [-0.39, 0.29) is 0 Å². The molecule has 1 aromatic carbocycles. The molecule has 0 fully saturated rings. The lowest BCUT2D eigenvalue weighted by Crippen LogP contribution is -2.38. The fourth-order valence-electron chi connectivity index (χ4n) is 2.27. The minimum Gasteiger partial charge on any atom is -0.349 e. The van der Waals surface area contributed by atoms with E-state index in [9.17, 15) is 0 Å². The normalized spacial score (nSPS) is 11.6. The number of benzene rings is 1. The highest BCUT2D eigenvalue weighted by molar-refractivity contribution is 5.79. The molecular weight excluding hydrogens is 276 g/mol. The molecule has 0 atom stereocenters. The van der Waals surface area contributed by atoms with Crippen LogP contribution in [0.15, 0.2) is 29.3 Å². The van der Waals surface area contributed by atoms with Crippen LogP contribution in [-0.4, -0.2) is 39.7 Å². The van der Waals surface area contributed by atoms with E-state index >= 15 is 0 Å². The van der Waals surface area contributed by atoms with E-state index in [1.54, 1.807) is 7.05 Å². The highest BCUT2D eigenvalue weighted by atomic mass is 15.3. The van der Waals surface area contributed by atoms with Crippen LogP contribution >= 0.6 is 0 Å². The van der Waals surface area contributed by atoms with Crippen LogP contribution in [-0.2, 0) is 20.1 Å². The molecule has 0 radical (unpaired) electrons. The van der Waals surface area contributed by atoms with Crippen molar-refractivity contribution in [1.82, 2.24) is 25.0 Å². The Balaban J connectivity index is 1.99. The van der Waals surface area contributed by atoms with Crippen molar-refractivity contribution in [3.8, 4) is 0 Å². The summed E-state index contributed by atoms with van der Waals surface area (Å²) in [6.45, 7) is 5.48. The Kier molecular flexibility index (Phi) is 5.14. The topological polar surface area (TPSA) is 58.3 Å². The van der Waals surface area contributed by atoms with Crippen molar-refractivity contribution in [3.05, 3.63) is 47.0 Å². The van der Waals surface area contributed by atoms with Crippen LogP contribution in [0.2, 0.25) is 0 Å². The van der Waals surface area contributed by atoms with Gasteiger partial charge in [-0.3, -0.25) is 4.99 Å². The predicted molar refractivity (Wildman–Crippen MR) is 88.6 cm³/mol. The van der Waals surface area contributed by atoms with Gasteiger partial charge >= 0.3 is 0 Å². The minimum absolute atomic E-state index is 0.599. The van der Waals surface area contributed by atoms with Crippen molar-refractivity contribution in [3.63, 3.8) is 0 Å². The SMILES string of the molecule is CN=C(NCc1nnc(C)n1C)N(C)Cc1ccccc1C. The zero-order valence-corrected chi connectivity index (χ0v) is 14.0. The third-order valence-electron chi connectivity index (χ3n) is 3.83. The third-order valence-corrected chi connectivity index (χ3v) is 3.83. The lowest BCUT2D eigenvalue weighted by molar-refractivity contribution is 0.473. The van der Waals surface area contributed by atoms with Crippen LogP contribution < -0.4 is 5.32 Å². The standard InChI is InChI=1S/C16H24N6/c1-12-8-6-7-9-14(12)11-21(4)16(17-3)18-10-15-20-19-13(2)22(15)5/h6-9H,10-11H2,1-5H3,(H,17,18). The average Bonchev–Trinajstić information content (AvgIpc) is 2.82. The Labute approximate surface area is 131 Å². The Morgan fingerprint density at radius 3 is 2.59 bits per heavy atom. The van der Waals surface area contributed by atoms with Crippen LogP contribution in [0.5, 0.6) is 0 Å². The molecule has 0 bridgehead atoms. The first-order chi connectivity index (χ1) is 10.5. The lowest BCUT2D eigenvalue weighted by Gasteiger charge is -2.22. The van der Waals surface area contributed by atoms with Crippen LogP contribution in [0.3, 0.4) is 0 Å². The quantitative estimate of drug-likeness (QED) is 0.689. The smallest absolute Gasteiger partial charge is 0.194 e. The van der Waals surface area contributed by atoms with E-state index in [1.165, 1.54) is 11.1 Å². The van der Waals surface area contributed by atoms with Gasteiger partial charge in [-0.15, -0.1) is 10.2 Å². The zero-order chi connectivity index (χ0) is 16.1. The summed E-state index contributed by atoms with van der Waals surface area (Å²) in [5, 5.41) is 11.6. The zero-order valence-electron chi connectivity index (χ0n) is 14.0. The van der Waals surface area contributed by atoms with E-state index in [1.807, 2.05) is 25.6 Å². The maximum absolute atomic E-state index is 4.34. The summed E-state index contributed by atoms with van der Waals surface area (Å²) in [5.41, 5.74) is 2.58. The predicted octanol–water partition coefficient (Wildman–Crippen LogP) is 1.64. The second-order valence-corrected chi connectivity index (χ2v) is 5.41. The number of nitrogens with zero attached hydrogens (tertiary/aromatic N) is 5. The van der Waals surface area contributed by atoms with Crippen molar-refractivity contribution in [2.75, 3.05) is 14.1 Å². The molecule has 0 unspecified atom stereocenters. The molecule has 0 aliphatic rings. The molecule has 6 heteroatoms. The highest BCUT2D eigenvalue weighted by Gasteiger charge is 2.10. The second kappa shape index (κ2) is 7.06. The summed E-state index contributed by atoms with van der Waals surface area (Å²) < 4.78 is 1.97. The molecule has 6 nitrogen and oxygen atoms in total. The first-order valence-corrected chi connectivity index (χ1v) is 7.34. The van der Waals surface area contributed by atoms with Crippen LogP contribution in [0.4, 0.5) is 0 Å². The molecule has 1 N–H and O–H groups in total. The summed E-state index contributed by atoms with van der Waals surface area (Å²) in [4.78, 5) is 6.44. The molecule has 0 saturated carbocycles. The summed E-state index contributed by atoms with van der Waals surface area (Å²) in [7, 11) is 5.79. The Morgan fingerprint density at radius 2 is 2.00 bits per heavy atom. The summed E-state index contributed by atoms with van der Waals surface area (Å²) >= 11 is 0. The van der Waals surface area contributed by atoms with E-state index in [0.29, 0.717) is 6.54 Å². The van der Waals surface area contributed by atoms with Crippen molar-refractivity contribution in [2.24, 2.45) is 12.0 Å². The minimum atomic E-state index is 0.599. The summed E-state index contributed by atoms with van der Waals surface area (Å²) in [6, 6.07) is 8.39. The van der Waals surface area contributed by atoms with Crippen molar-refractivity contribution >= 4 is 5.96 Å². The number of rotatable bonds is 4.